The molecule has 0 spiro atoms. The summed E-state index contributed by atoms with van der Waals surface area (Å²) >= 11 is 0. The van der Waals surface area contributed by atoms with E-state index >= 15 is 0 Å². The second kappa shape index (κ2) is 6.33. The molecule has 0 aromatic carbocycles. The van der Waals surface area contributed by atoms with E-state index in [1.54, 1.807) is 0 Å². The minimum absolute atomic E-state index is 0.282. The van der Waals surface area contributed by atoms with E-state index in [1.807, 2.05) is 20.8 Å². The highest BCUT2D eigenvalue weighted by Crippen LogP contribution is 2.30. The summed E-state index contributed by atoms with van der Waals surface area (Å²) < 4.78 is 5.26. The summed E-state index contributed by atoms with van der Waals surface area (Å²) in [6.07, 6.45) is 5.91. The summed E-state index contributed by atoms with van der Waals surface area (Å²) in [6.45, 7) is 9.17. The summed E-state index contributed by atoms with van der Waals surface area (Å²) in [5.74, 6) is 1.77. The second-order valence-electron chi connectivity index (χ2n) is 7.70. The van der Waals surface area contributed by atoms with Crippen LogP contribution < -0.4 is 10.6 Å². The zero-order valence-electron chi connectivity index (χ0n) is 13.4. The maximum Gasteiger partial charge on any atom is 0.407 e. The lowest BCUT2D eigenvalue weighted by Crippen LogP contribution is -2.53. The van der Waals surface area contributed by atoms with Crippen molar-refractivity contribution in [2.75, 3.05) is 6.54 Å². The van der Waals surface area contributed by atoms with Gasteiger partial charge < -0.3 is 15.4 Å². The van der Waals surface area contributed by atoms with Crippen LogP contribution in [0.3, 0.4) is 0 Å². The largest absolute Gasteiger partial charge is 0.444 e. The molecular weight excluding hydrogens is 252 g/mol. The van der Waals surface area contributed by atoms with Crippen LogP contribution in [-0.2, 0) is 4.74 Å². The van der Waals surface area contributed by atoms with Crippen LogP contribution in [0.4, 0.5) is 4.79 Å². The maximum absolute atomic E-state index is 11.6. The van der Waals surface area contributed by atoms with Gasteiger partial charge >= 0.3 is 6.09 Å². The van der Waals surface area contributed by atoms with E-state index in [4.69, 9.17) is 4.74 Å². The van der Waals surface area contributed by atoms with Crippen LogP contribution in [0, 0.1) is 11.8 Å². The average Bonchev–Trinajstić information content (AvgIpc) is 2.64. The molecule has 2 aliphatic rings. The van der Waals surface area contributed by atoms with Gasteiger partial charge in [0.1, 0.15) is 5.60 Å². The van der Waals surface area contributed by atoms with Crippen molar-refractivity contribution in [2.45, 2.75) is 77.5 Å². The third-order valence-corrected chi connectivity index (χ3v) is 4.36. The monoisotopic (exact) mass is 282 g/mol. The number of amides is 1. The lowest BCUT2D eigenvalue weighted by Gasteiger charge is -2.37. The lowest BCUT2D eigenvalue weighted by molar-refractivity contribution is 0.0464. The van der Waals surface area contributed by atoms with Crippen molar-refractivity contribution in [2.24, 2.45) is 11.8 Å². The van der Waals surface area contributed by atoms with Crippen molar-refractivity contribution in [3.8, 4) is 0 Å². The molecule has 0 aromatic rings. The molecule has 0 heterocycles. The molecule has 1 amide bonds. The van der Waals surface area contributed by atoms with Gasteiger partial charge in [0.15, 0.2) is 0 Å². The maximum atomic E-state index is 11.6. The van der Waals surface area contributed by atoms with Gasteiger partial charge in [0.25, 0.3) is 0 Å². The molecule has 2 atom stereocenters. The van der Waals surface area contributed by atoms with Gasteiger partial charge in [-0.2, -0.15) is 0 Å². The number of hydrogen-bond acceptors (Lipinski definition) is 3. The van der Waals surface area contributed by atoms with Crippen molar-refractivity contribution < 1.29 is 9.53 Å². The van der Waals surface area contributed by atoms with Crippen molar-refractivity contribution in [1.82, 2.24) is 10.6 Å². The Morgan fingerprint density at radius 1 is 1.15 bits per heavy atom. The Hall–Kier alpha value is -0.770. The first-order valence-corrected chi connectivity index (χ1v) is 8.04. The average molecular weight is 282 g/mol. The van der Waals surface area contributed by atoms with Crippen LogP contribution >= 0.6 is 0 Å². The summed E-state index contributed by atoms with van der Waals surface area (Å²) in [4.78, 5) is 11.6. The third-order valence-electron chi connectivity index (χ3n) is 4.36. The molecule has 0 aromatic heterocycles. The second-order valence-corrected chi connectivity index (χ2v) is 7.70. The molecule has 0 radical (unpaired) electrons. The highest BCUT2D eigenvalue weighted by Gasteiger charge is 2.32. The number of carbonyl (C=O) groups excluding carboxylic acids is 1. The van der Waals surface area contributed by atoms with Crippen LogP contribution in [0.5, 0.6) is 0 Å². The Morgan fingerprint density at radius 3 is 2.40 bits per heavy atom. The zero-order chi connectivity index (χ0) is 14.8. The molecule has 2 unspecified atom stereocenters. The van der Waals surface area contributed by atoms with Gasteiger partial charge in [-0.25, -0.2) is 4.79 Å². The summed E-state index contributed by atoms with van der Waals surface area (Å²) in [5, 5.41) is 6.58. The number of carbonyl (C=O) groups is 1. The topological polar surface area (TPSA) is 50.4 Å². The van der Waals surface area contributed by atoms with Crippen molar-refractivity contribution in [3.63, 3.8) is 0 Å². The van der Waals surface area contributed by atoms with E-state index in [0.29, 0.717) is 6.04 Å². The predicted octanol–water partition coefficient (Wildman–Crippen LogP) is 3.07. The first kappa shape index (κ1) is 15.6. The molecule has 2 aliphatic carbocycles. The van der Waals surface area contributed by atoms with Crippen LogP contribution in [0.25, 0.3) is 0 Å². The molecule has 0 aliphatic heterocycles. The Balaban J connectivity index is 1.55. The van der Waals surface area contributed by atoms with Gasteiger partial charge in [-0.05, 0) is 64.8 Å². The number of ether oxygens (including phenoxy) is 1. The van der Waals surface area contributed by atoms with E-state index in [2.05, 4.69) is 17.6 Å². The third kappa shape index (κ3) is 4.97. The normalized spacial score (nSPS) is 33.6. The first-order valence-electron chi connectivity index (χ1n) is 8.04. The van der Waals surface area contributed by atoms with Gasteiger partial charge in [0.2, 0.25) is 0 Å². The predicted molar refractivity (Wildman–Crippen MR) is 80.7 cm³/mol. The highest BCUT2D eigenvalue weighted by atomic mass is 16.6. The number of alkyl carbamates (subject to hydrolysis) is 1. The number of nitrogens with one attached hydrogen (secondary N) is 2. The summed E-state index contributed by atoms with van der Waals surface area (Å²) in [6, 6.07) is 0.857. The standard InChI is InChI=1S/C16H30N2O2/c1-11-5-6-12(7-11)10-17-13-8-14(9-13)18-15(19)20-16(2,3)4/h11-14,17H,5-10H2,1-4H3,(H,18,19). The fourth-order valence-corrected chi connectivity index (χ4v) is 3.22. The lowest BCUT2D eigenvalue weighted by atomic mass is 9.86. The van der Waals surface area contributed by atoms with E-state index in [9.17, 15) is 4.79 Å². The highest BCUT2D eigenvalue weighted by molar-refractivity contribution is 5.68. The first-order chi connectivity index (χ1) is 9.32. The molecule has 2 N–H and O–H groups in total. The molecule has 4 nitrogen and oxygen atoms in total. The minimum atomic E-state index is -0.412. The number of hydrogen-bond donors (Lipinski definition) is 2. The van der Waals surface area contributed by atoms with Gasteiger partial charge in [-0.15, -0.1) is 0 Å². The molecule has 4 heteroatoms. The molecule has 2 fully saturated rings. The van der Waals surface area contributed by atoms with Crippen LogP contribution in [0.2, 0.25) is 0 Å². The zero-order valence-corrected chi connectivity index (χ0v) is 13.4. The summed E-state index contributed by atoms with van der Waals surface area (Å²) in [5.41, 5.74) is -0.412. The van der Waals surface area contributed by atoms with Crippen LogP contribution in [0.1, 0.15) is 59.8 Å². The Kier molecular flexibility index (Phi) is 4.95. The molecule has 2 saturated carbocycles. The number of rotatable bonds is 4. The Labute approximate surface area is 123 Å². The molecule has 20 heavy (non-hydrogen) atoms. The van der Waals surface area contributed by atoms with Crippen LogP contribution in [0.15, 0.2) is 0 Å². The molecule has 116 valence electrons. The fourth-order valence-electron chi connectivity index (χ4n) is 3.22. The molecule has 2 rings (SSSR count). The SMILES string of the molecule is CC1CCC(CNC2CC(NC(=O)OC(C)(C)C)C2)C1. The van der Waals surface area contributed by atoms with Crippen molar-refractivity contribution in [3.05, 3.63) is 0 Å². The smallest absolute Gasteiger partial charge is 0.407 e. The van der Waals surface area contributed by atoms with Gasteiger partial charge in [0, 0.05) is 12.1 Å². The molecule has 0 bridgehead atoms. The van der Waals surface area contributed by atoms with E-state index < -0.39 is 5.60 Å². The quantitative estimate of drug-likeness (QED) is 0.833. The van der Waals surface area contributed by atoms with Gasteiger partial charge in [-0.1, -0.05) is 13.3 Å². The Bertz CT molecular complexity index is 332. The van der Waals surface area contributed by atoms with Gasteiger partial charge in [-0.3, -0.25) is 0 Å². The minimum Gasteiger partial charge on any atom is -0.444 e. The van der Waals surface area contributed by atoms with Crippen molar-refractivity contribution in [1.29, 1.82) is 0 Å². The molecular formula is C16H30N2O2. The van der Waals surface area contributed by atoms with E-state index in [1.165, 1.54) is 19.3 Å². The fraction of sp³-hybridized carbons (Fsp3) is 0.938. The summed E-state index contributed by atoms with van der Waals surface area (Å²) in [7, 11) is 0. The van der Waals surface area contributed by atoms with Crippen molar-refractivity contribution >= 4 is 6.09 Å². The molecule has 0 saturated heterocycles. The van der Waals surface area contributed by atoms with E-state index in [0.717, 1.165) is 31.2 Å². The van der Waals surface area contributed by atoms with E-state index in [-0.39, 0.29) is 12.1 Å². The van der Waals surface area contributed by atoms with Gasteiger partial charge in [0.05, 0.1) is 0 Å². The van der Waals surface area contributed by atoms with Crippen LogP contribution in [-0.4, -0.2) is 30.3 Å². The Morgan fingerprint density at radius 2 is 1.85 bits per heavy atom.